The van der Waals surface area contributed by atoms with E-state index in [4.69, 9.17) is 0 Å². The average molecular weight is 312 g/mol. The number of piperidine rings is 1. The lowest BCUT2D eigenvalue weighted by Crippen LogP contribution is -2.47. The average Bonchev–Trinajstić information content (AvgIpc) is 2.61. The smallest absolute Gasteiger partial charge is 0.241 e. The molecule has 23 heavy (non-hydrogen) atoms. The number of rotatable bonds is 4. The second-order valence-electron chi connectivity index (χ2n) is 6.41. The Morgan fingerprint density at radius 1 is 1.30 bits per heavy atom. The Kier molecular flexibility index (Phi) is 4.94. The van der Waals surface area contributed by atoms with Crippen LogP contribution in [0.25, 0.3) is 10.8 Å². The van der Waals surface area contributed by atoms with E-state index in [1.807, 2.05) is 43.3 Å². The molecule has 1 aliphatic heterocycles. The van der Waals surface area contributed by atoms with Crippen LogP contribution in [0.2, 0.25) is 0 Å². The summed E-state index contributed by atoms with van der Waals surface area (Å²) in [6, 6.07) is 13.9. The molecule has 0 spiro atoms. The van der Waals surface area contributed by atoms with Crippen LogP contribution in [0, 0.1) is 5.92 Å². The van der Waals surface area contributed by atoms with Crippen molar-refractivity contribution >= 4 is 22.4 Å². The highest BCUT2D eigenvalue weighted by molar-refractivity contribution is 5.97. The quantitative estimate of drug-likeness (QED) is 0.913. The van der Waals surface area contributed by atoms with E-state index < -0.39 is 0 Å². The van der Waals surface area contributed by atoms with Gasteiger partial charge in [0.1, 0.15) is 0 Å². The van der Waals surface area contributed by atoms with E-state index >= 15 is 0 Å². The summed E-state index contributed by atoms with van der Waals surface area (Å²) in [5.74, 6) is 0.304. The summed E-state index contributed by atoms with van der Waals surface area (Å²) in [5.41, 5.74) is 0.830. The van der Waals surface area contributed by atoms with E-state index in [0.717, 1.165) is 37.0 Å². The summed E-state index contributed by atoms with van der Waals surface area (Å²) in [4.78, 5) is 14.7. The van der Waals surface area contributed by atoms with Gasteiger partial charge in [-0.25, -0.2) is 0 Å². The maximum atomic E-state index is 12.5. The van der Waals surface area contributed by atoms with Crippen molar-refractivity contribution in [2.45, 2.75) is 25.8 Å². The molecule has 1 fully saturated rings. The zero-order valence-corrected chi connectivity index (χ0v) is 13.5. The SMILES string of the molecule is CC(C(=O)Nc1ccc2ccccc2c1)N1CCCC(CO)C1. The standard InChI is InChI=1S/C19H24N2O2/c1-14(21-10-4-5-15(12-21)13-22)19(23)20-18-9-8-16-6-2-3-7-17(16)11-18/h2-3,6-9,11,14-15,22H,4-5,10,12-13H2,1H3,(H,20,23). The lowest BCUT2D eigenvalue weighted by atomic mass is 9.97. The van der Waals surface area contributed by atoms with Crippen LogP contribution in [0.15, 0.2) is 42.5 Å². The minimum atomic E-state index is -0.184. The fraction of sp³-hybridized carbons (Fsp3) is 0.421. The van der Waals surface area contributed by atoms with E-state index in [-0.39, 0.29) is 18.6 Å². The number of carbonyl (C=O) groups excluding carboxylic acids is 1. The predicted molar refractivity (Wildman–Crippen MR) is 93.4 cm³/mol. The molecule has 0 radical (unpaired) electrons. The Balaban J connectivity index is 1.67. The highest BCUT2D eigenvalue weighted by Gasteiger charge is 2.27. The first kappa shape index (κ1) is 16.0. The highest BCUT2D eigenvalue weighted by atomic mass is 16.3. The summed E-state index contributed by atoms with van der Waals surface area (Å²) in [7, 11) is 0. The number of amides is 1. The molecule has 2 aromatic carbocycles. The van der Waals surface area contributed by atoms with Crippen LogP contribution < -0.4 is 5.32 Å². The molecule has 2 unspecified atom stereocenters. The van der Waals surface area contributed by atoms with E-state index in [1.165, 1.54) is 5.39 Å². The maximum absolute atomic E-state index is 12.5. The number of carbonyl (C=O) groups is 1. The van der Waals surface area contributed by atoms with Gasteiger partial charge >= 0.3 is 0 Å². The van der Waals surface area contributed by atoms with Gasteiger partial charge in [0.15, 0.2) is 0 Å². The molecule has 2 N–H and O–H groups in total. The van der Waals surface area contributed by atoms with Gasteiger partial charge in [0.05, 0.1) is 6.04 Å². The van der Waals surface area contributed by atoms with Crippen molar-refractivity contribution in [1.29, 1.82) is 0 Å². The van der Waals surface area contributed by atoms with E-state index in [2.05, 4.69) is 16.3 Å². The second-order valence-corrected chi connectivity index (χ2v) is 6.41. The fourth-order valence-electron chi connectivity index (χ4n) is 3.28. The Labute approximate surface area is 137 Å². The molecule has 4 heteroatoms. The van der Waals surface area contributed by atoms with E-state index in [1.54, 1.807) is 0 Å². The first-order valence-electron chi connectivity index (χ1n) is 8.32. The number of nitrogens with zero attached hydrogens (tertiary/aromatic N) is 1. The minimum absolute atomic E-state index is 0.0128. The van der Waals surface area contributed by atoms with E-state index in [9.17, 15) is 9.90 Å². The van der Waals surface area contributed by atoms with Crippen molar-refractivity contribution in [3.63, 3.8) is 0 Å². The molecule has 0 aliphatic carbocycles. The molecule has 2 atom stereocenters. The lowest BCUT2D eigenvalue weighted by molar-refractivity contribution is -0.121. The number of benzene rings is 2. The van der Waals surface area contributed by atoms with Crippen LogP contribution in [-0.4, -0.2) is 41.7 Å². The molecule has 3 rings (SSSR count). The molecule has 1 aliphatic rings. The summed E-state index contributed by atoms with van der Waals surface area (Å²) >= 11 is 0. The zero-order valence-electron chi connectivity index (χ0n) is 13.5. The highest BCUT2D eigenvalue weighted by Crippen LogP contribution is 2.21. The van der Waals surface area contributed by atoms with Crippen LogP contribution in [0.1, 0.15) is 19.8 Å². The molecule has 4 nitrogen and oxygen atoms in total. The number of fused-ring (bicyclic) bond motifs is 1. The largest absolute Gasteiger partial charge is 0.396 e. The molecule has 0 saturated carbocycles. The number of likely N-dealkylation sites (tertiary alicyclic amines) is 1. The minimum Gasteiger partial charge on any atom is -0.396 e. The molecule has 1 amide bonds. The third-order valence-corrected chi connectivity index (χ3v) is 4.75. The van der Waals surface area contributed by atoms with E-state index in [0.29, 0.717) is 5.92 Å². The van der Waals surface area contributed by atoms with Crippen LogP contribution in [0.3, 0.4) is 0 Å². The Morgan fingerprint density at radius 2 is 2.09 bits per heavy atom. The van der Waals surface area contributed by atoms with Crippen LogP contribution in [0.5, 0.6) is 0 Å². The topological polar surface area (TPSA) is 52.6 Å². The monoisotopic (exact) mass is 312 g/mol. The van der Waals surface area contributed by atoms with Crippen molar-refractivity contribution in [2.75, 3.05) is 25.0 Å². The van der Waals surface area contributed by atoms with Gasteiger partial charge < -0.3 is 10.4 Å². The Hall–Kier alpha value is -1.91. The van der Waals surface area contributed by atoms with Gasteiger partial charge in [-0.2, -0.15) is 0 Å². The molecule has 0 bridgehead atoms. The first-order chi connectivity index (χ1) is 11.2. The first-order valence-corrected chi connectivity index (χ1v) is 8.32. The molecule has 1 heterocycles. The van der Waals surface area contributed by atoms with Crippen molar-refractivity contribution < 1.29 is 9.90 Å². The Bertz CT molecular complexity index is 686. The molecule has 122 valence electrons. The van der Waals surface area contributed by atoms with Crippen LogP contribution in [0.4, 0.5) is 5.69 Å². The summed E-state index contributed by atoms with van der Waals surface area (Å²) in [5, 5.41) is 14.6. The zero-order chi connectivity index (χ0) is 16.2. The summed E-state index contributed by atoms with van der Waals surface area (Å²) in [6.45, 7) is 3.86. The van der Waals surface area contributed by atoms with Gasteiger partial charge in [-0.05, 0) is 55.1 Å². The molecular weight excluding hydrogens is 288 g/mol. The van der Waals surface area contributed by atoms with Crippen LogP contribution in [-0.2, 0) is 4.79 Å². The van der Waals surface area contributed by atoms with Gasteiger partial charge in [0, 0.05) is 18.8 Å². The van der Waals surface area contributed by atoms with Crippen LogP contribution >= 0.6 is 0 Å². The fourth-order valence-corrected chi connectivity index (χ4v) is 3.28. The van der Waals surface area contributed by atoms with Crippen molar-refractivity contribution in [2.24, 2.45) is 5.92 Å². The number of hydrogen-bond acceptors (Lipinski definition) is 3. The molecular formula is C19H24N2O2. The molecule has 0 aromatic heterocycles. The number of anilines is 1. The number of aliphatic hydroxyl groups excluding tert-OH is 1. The van der Waals surface area contributed by atoms with Gasteiger partial charge in [0.25, 0.3) is 0 Å². The normalized spacial score (nSPS) is 20.3. The third-order valence-electron chi connectivity index (χ3n) is 4.75. The molecule has 1 saturated heterocycles. The number of nitrogens with one attached hydrogen (secondary N) is 1. The molecule has 2 aromatic rings. The maximum Gasteiger partial charge on any atom is 0.241 e. The number of hydrogen-bond donors (Lipinski definition) is 2. The van der Waals surface area contributed by atoms with Crippen molar-refractivity contribution in [3.05, 3.63) is 42.5 Å². The van der Waals surface area contributed by atoms with Crippen molar-refractivity contribution in [1.82, 2.24) is 4.90 Å². The summed E-state index contributed by atoms with van der Waals surface area (Å²) < 4.78 is 0. The van der Waals surface area contributed by atoms with Gasteiger partial charge in [-0.1, -0.05) is 30.3 Å². The van der Waals surface area contributed by atoms with Gasteiger partial charge in [-0.15, -0.1) is 0 Å². The van der Waals surface area contributed by atoms with Gasteiger partial charge in [-0.3, -0.25) is 9.69 Å². The van der Waals surface area contributed by atoms with Gasteiger partial charge in [0.2, 0.25) is 5.91 Å². The third kappa shape index (κ3) is 3.71. The lowest BCUT2D eigenvalue weighted by Gasteiger charge is -2.35. The summed E-state index contributed by atoms with van der Waals surface area (Å²) in [6.07, 6.45) is 2.09. The second kappa shape index (κ2) is 7.11. The number of aliphatic hydroxyl groups is 1. The predicted octanol–water partition coefficient (Wildman–Crippen LogP) is 2.87. The Morgan fingerprint density at radius 3 is 2.87 bits per heavy atom. The van der Waals surface area contributed by atoms with Crippen molar-refractivity contribution in [3.8, 4) is 0 Å².